The van der Waals surface area contributed by atoms with Crippen molar-refractivity contribution in [3.05, 3.63) is 23.7 Å². The molecule has 7 heteroatoms. The van der Waals surface area contributed by atoms with Crippen molar-refractivity contribution in [1.29, 1.82) is 0 Å². The number of fused-ring (bicyclic) bond motifs is 1. The first kappa shape index (κ1) is 10.7. The van der Waals surface area contributed by atoms with Crippen molar-refractivity contribution < 1.29 is 9.90 Å². The third-order valence-electron chi connectivity index (χ3n) is 2.13. The fraction of sp³-hybridized carbons (Fsp3) is 0.222. The van der Waals surface area contributed by atoms with Gasteiger partial charge in [-0.15, -0.1) is 0 Å². The van der Waals surface area contributed by atoms with Crippen LogP contribution in [-0.4, -0.2) is 32.3 Å². The Bertz CT molecular complexity index is 525. The Kier molecular flexibility index (Phi) is 2.91. The second-order valence-electron chi connectivity index (χ2n) is 3.14. The first-order valence-corrected chi connectivity index (χ1v) is 4.98. The molecule has 2 aromatic rings. The van der Waals surface area contributed by atoms with Crippen LogP contribution in [0.4, 0.5) is 4.79 Å². The molecule has 0 saturated carbocycles. The Morgan fingerprint density at radius 3 is 3.12 bits per heavy atom. The Morgan fingerprint density at radius 2 is 2.38 bits per heavy atom. The quantitative estimate of drug-likeness (QED) is 0.794. The van der Waals surface area contributed by atoms with Gasteiger partial charge in [-0.25, -0.2) is 14.8 Å². The van der Waals surface area contributed by atoms with Gasteiger partial charge in [0.25, 0.3) is 0 Å². The largest absolute Gasteiger partial charge is 0.465 e. The predicted molar refractivity (Wildman–Crippen MR) is 58.6 cm³/mol. The summed E-state index contributed by atoms with van der Waals surface area (Å²) in [6, 6.07) is 1.81. The Morgan fingerprint density at radius 1 is 1.56 bits per heavy atom. The summed E-state index contributed by atoms with van der Waals surface area (Å²) in [6.07, 6.45) is 2.15. The summed E-state index contributed by atoms with van der Waals surface area (Å²) in [6.45, 7) is 0.799. The molecule has 84 valence electrons. The van der Waals surface area contributed by atoms with E-state index in [1.54, 1.807) is 6.20 Å². The second kappa shape index (κ2) is 4.36. The first-order valence-electron chi connectivity index (χ1n) is 4.60. The van der Waals surface area contributed by atoms with Crippen LogP contribution in [0.5, 0.6) is 0 Å². The van der Waals surface area contributed by atoms with Crippen molar-refractivity contribution in [3.63, 3.8) is 0 Å². The number of aromatic nitrogens is 3. The van der Waals surface area contributed by atoms with Crippen LogP contribution >= 0.6 is 11.6 Å². The van der Waals surface area contributed by atoms with E-state index in [-0.39, 0.29) is 0 Å². The lowest BCUT2D eigenvalue weighted by atomic mass is 10.4. The minimum Gasteiger partial charge on any atom is -0.465 e. The van der Waals surface area contributed by atoms with Gasteiger partial charge in [0.2, 0.25) is 0 Å². The topological polar surface area (TPSA) is 80.0 Å². The number of nitrogens with one attached hydrogen (secondary N) is 1. The number of hydrogen-bond donors (Lipinski definition) is 2. The molecule has 0 fully saturated rings. The Labute approximate surface area is 95.9 Å². The molecule has 0 unspecified atom stereocenters. The minimum absolute atomic E-state index is 0.310. The summed E-state index contributed by atoms with van der Waals surface area (Å²) in [5.41, 5.74) is 1.46. The summed E-state index contributed by atoms with van der Waals surface area (Å²) >= 11 is 5.94. The molecule has 1 amide bonds. The molecule has 2 N–H and O–H groups in total. The average molecular weight is 241 g/mol. The van der Waals surface area contributed by atoms with Crippen LogP contribution in [0.2, 0.25) is 5.15 Å². The van der Waals surface area contributed by atoms with Gasteiger partial charge >= 0.3 is 6.09 Å². The van der Waals surface area contributed by atoms with Gasteiger partial charge in [-0.3, -0.25) is 0 Å². The maximum atomic E-state index is 10.3. The van der Waals surface area contributed by atoms with E-state index in [9.17, 15) is 4.79 Å². The van der Waals surface area contributed by atoms with Crippen LogP contribution in [0.3, 0.4) is 0 Å². The Hall–Kier alpha value is -1.82. The maximum Gasteiger partial charge on any atom is 0.404 e. The molecule has 6 nitrogen and oxygen atoms in total. The van der Waals surface area contributed by atoms with Gasteiger partial charge in [-0.1, -0.05) is 11.6 Å². The van der Waals surface area contributed by atoms with Crippen molar-refractivity contribution >= 4 is 28.7 Å². The van der Waals surface area contributed by atoms with Gasteiger partial charge in [-0.2, -0.15) is 0 Å². The van der Waals surface area contributed by atoms with Gasteiger partial charge in [0.1, 0.15) is 11.8 Å². The number of hydrogen-bond acceptors (Lipinski definition) is 3. The van der Waals surface area contributed by atoms with Crippen LogP contribution in [-0.2, 0) is 6.54 Å². The maximum absolute atomic E-state index is 10.3. The molecule has 0 atom stereocenters. The van der Waals surface area contributed by atoms with Crippen LogP contribution in [0.25, 0.3) is 11.0 Å². The number of halogens is 1. The molecule has 0 aliphatic carbocycles. The molecule has 0 saturated heterocycles. The van der Waals surface area contributed by atoms with E-state index in [0.29, 0.717) is 18.2 Å². The van der Waals surface area contributed by atoms with Crippen molar-refractivity contribution in [3.8, 4) is 0 Å². The molecular weight excluding hydrogens is 232 g/mol. The minimum atomic E-state index is -1.04. The van der Waals surface area contributed by atoms with E-state index < -0.39 is 6.09 Å². The summed E-state index contributed by atoms with van der Waals surface area (Å²) in [4.78, 5) is 18.2. The first-order chi connectivity index (χ1) is 7.68. The van der Waals surface area contributed by atoms with E-state index >= 15 is 0 Å². The molecule has 0 bridgehead atoms. The summed E-state index contributed by atoms with van der Waals surface area (Å²) < 4.78 is 1.81. The molecule has 0 aliphatic heterocycles. The number of nitrogens with zero attached hydrogens (tertiary/aromatic N) is 3. The van der Waals surface area contributed by atoms with Gasteiger partial charge in [0.05, 0.1) is 5.52 Å². The normalized spacial score (nSPS) is 10.6. The highest BCUT2D eigenvalue weighted by Gasteiger charge is 2.06. The number of carbonyl (C=O) groups is 1. The molecule has 2 rings (SSSR count). The fourth-order valence-electron chi connectivity index (χ4n) is 1.46. The molecule has 0 radical (unpaired) electrons. The molecule has 2 aromatic heterocycles. The van der Waals surface area contributed by atoms with Crippen molar-refractivity contribution in [2.75, 3.05) is 6.54 Å². The second-order valence-corrected chi connectivity index (χ2v) is 3.50. The third-order valence-corrected chi connectivity index (χ3v) is 2.41. The molecular formula is C9H9ClN4O2. The smallest absolute Gasteiger partial charge is 0.404 e. The van der Waals surface area contributed by atoms with Crippen molar-refractivity contribution in [2.24, 2.45) is 0 Å². The van der Waals surface area contributed by atoms with E-state index in [0.717, 1.165) is 11.0 Å². The standard InChI is InChI=1S/C9H9ClN4O2/c10-8-7-6(12-5-13-8)1-3-14(7)4-2-11-9(15)16/h1,3,5,11H,2,4H2,(H,15,16). The summed E-state index contributed by atoms with van der Waals surface area (Å²) in [5.74, 6) is 0. The van der Waals surface area contributed by atoms with Gasteiger partial charge < -0.3 is 15.0 Å². The number of amides is 1. The fourth-order valence-corrected chi connectivity index (χ4v) is 1.71. The van der Waals surface area contributed by atoms with Crippen LogP contribution in [0.15, 0.2) is 18.6 Å². The number of rotatable bonds is 3. The van der Waals surface area contributed by atoms with Crippen molar-refractivity contribution in [1.82, 2.24) is 19.9 Å². The lowest BCUT2D eigenvalue weighted by molar-refractivity contribution is 0.194. The zero-order valence-electron chi connectivity index (χ0n) is 8.22. The number of carboxylic acid groups (broad SMARTS) is 1. The van der Waals surface area contributed by atoms with Gasteiger partial charge in [0.15, 0.2) is 5.15 Å². The predicted octanol–water partition coefficient (Wildman–Crippen LogP) is 1.35. The lowest BCUT2D eigenvalue weighted by Gasteiger charge is -2.05. The van der Waals surface area contributed by atoms with Crippen molar-refractivity contribution in [2.45, 2.75) is 6.54 Å². The zero-order valence-corrected chi connectivity index (χ0v) is 8.98. The third kappa shape index (κ3) is 2.06. The van der Waals surface area contributed by atoms with Crippen LogP contribution in [0, 0.1) is 0 Å². The van der Waals surface area contributed by atoms with E-state index in [1.165, 1.54) is 6.33 Å². The molecule has 16 heavy (non-hydrogen) atoms. The highest BCUT2D eigenvalue weighted by molar-refractivity contribution is 6.33. The molecule has 2 heterocycles. The highest BCUT2D eigenvalue weighted by atomic mass is 35.5. The van der Waals surface area contributed by atoms with E-state index in [2.05, 4.69) is 15.3 Å². The van der Waals surface area contributed by atoms with Gasteiger partial charge in [-0.05, 0) is 6.07 Å². The molecule has 0 aliphatic rings. The Balaban J connectivity index is 2.21. The summed E-state index contributed by atoms with van der Waals surface area (Å²) in [5, 5.41) is 11.1. The van der Waals surface area contributed by atoms with E-state index in [4.69, 9.17) is 16.7 Å². The summed E-state index contributed by atoms with van der Waals surface area (Å²) in [7, 11) is 0. The van der Waals surface area contributed by atoms with E-state index in [1.807, 2.05) is 10.6 Å². The molecule has 0 spiro atoms. The zero-order chi connectivity index (χ0) is 11.5. The SMILES string of the molecule is O=C(O)NCCn1ccc2ncnc(Cl)c21. The molecule has 0 aromatic carbocycles. The lowest BCUT2D eigenvalue weighted by Crippen LogP contribution is -2.25. The highest BCUT2D eigenvalue weighted by Crippen LogP contribution is 2.19. The average Bonchev–Trinajstić information content (AvgIpc) is 2.62. The van der Waals surface area contributed by atoms with Gasteiger partial charge in [0, 0.05) is 19.3 Å². The van der Waals surface area contributed by atoms with Crippen LogP contribution in [0.1, 0.15) is 0 Å². The van der Waals surface area contributed by atoms with Crippen LogP contribution < -0.4 is 5.32 Å². The monoisotopic (exact) mass is 240 g/mol.